The summed E-state index contributed by atoms with van der Waals surface area (Å²) < 4.78 is 26.9. The third kappa shape index (κ3) is 5.08. The Hall–Kier alpha value is -2.98. The third-order valence-electron chi connectivity index (χ3n) is 5.57. The van der Waals surface area contributed by atoms with Crippen molar-refractivity contribution in [3.63, 3.8) is 0 Å². The van der Waals surface area contributed by atoms with Crippen LogP contribution in [-0.2, 0) is 21.2 Å². The predicted octanol–water partition coefficient (Wildman–Crippen LogP) is 3.41. The van der Waals surface area contributed by atoms with Crippen LogP contribution in [0.1, 0.15) is 32.3 Å². The zero-order valence-corrected chi connectivity index (χ0v) is 19.1. The molecule has 1 aliphatic rings. The molecule has 0 aromatic heterocycles. The third-order valence-corrected chi connectivity index (χ3v) is 7.61. The lowest BCUT2D eigenvalue weighted by Crippen LogP contribution is -2.30. The van der Waals surface area contributed by atoms with Gasteiger partial charge in [0.2, 0.25) is 15.9 Å². The van der Waals surface area contributed by atoms with Crippen molar-refractivity contribution in [2.24, 2.45) is 0 Å². The lowest BCUT2D eigenvalue weighted by atomic mass is 10.2. The number of amides is 1. The quantitative estimate of drug-likeness (QED) is 0.330. The van der Waals surface area contributed by atoms with Crippen molar-refractivity contribution in [2.75, 3.05) is 36.4 Å². The normalized spacial score (nSPS) is 13.3. The van der Waals surface area contributed by atoms with Gasteiger partial charge < -0.3 is 10.2 Å². The van der Waals surface area contributed by atoms with Crippen molar-refractivity contribution in [1.82, 2.24) is 4.31 Å². The Bertz CT molecular complexity index is 1080. The van der Waals surface area contributed by atoms with Crippen LogP contribution in [0.5, 0.6) is 0 Å². The Morgan fingerprint density at radius 1 is 1.16 bits per heavy atom. The molecule has 9 nitrogen and oxygen atoms in total. The summed E-state index contributed by atoms with van der Waals surface area (Å²) in [6.07, 6.45) is 1.58. The molecule has 0 unspecified atom stereocenters. The lowest BCUT2D eigenvalue weighted by molar-refractivity contribution is -0.384. The standard InChI is InChI=1S/C22H28N4O5S/c1-3-24(4-2)32(30,31)20-11-12-21-17(16-20)13-15-25(21)22(27)6-5-14-23-18-7-9-19(10-8-18)26(28)29/h7-12,16,23H,3-6,13-15H2,1-2H3. The highest BCUT2D eigenvalue weighted by molar-refractivity contribution is 7.89. The smallest absolute Gasteiger partial charge is 0.269 e. The number of sulfonamides is 1. The first kappa shape index (κ1) is 23.7. The molecule has 1 amide bonds. The molecule has 2 aromatic carbocycles. The molecule has 172 valence electrons. The van der Waals surface area contributed by atoms with Crippen molar-refractivity contribution in [3.8, 4) is 0 Å². The van der Waals surface area contributed by atoms with Gasteiger partial charge in [-0.15, -0.1) is 0 Å². The molecular weight excluding hydrogens is 432 g/mol. The summed E-state index contributed by atoms with van der Waals surface area (Å²) in [6.45, 7) is 5.55. The van der Waals surface area contributed by atoms with Gasteiger partial charge in [-0.05, 0) is 48.7 Å². The maximum absolute atomic E-state index is 12.8. The Balaban J connectivity index is 1.56. The van der Waals surface area contributed by atoms with Gasteiger partial charge >= 0.3 is 0 Å². The zero-order chi connectivity index (χ0) is 23.3. The van der Waals surface area contributed by atoms with Gasteiger partial charge in [-0.3, -0.25) is 14.9 Å². The molecule has 0 saturated carbocycles. The van der Waals surface area contributed by atoms with Crippen molar-refractivity contribution >= 4 is 33.0 Å². The van der Waals surface area contributed by atoms with Crippen molar-refractivity contribution < 1.29 is 18.1 Å². The molecular formula is C22H28N4O5S. The summed E-state index contributed by atoms with van der Waals surface area (Å²) in [4.78, 5) is 25.0. The minimum Gasteiger partial charge on any atom is -0.385 e. The monoisotopic (exact) mass is 460 g/mol. The second-order valence-electron chi connectivity index (χ2n) is 7.51. The summed E-state index contributed by atoms with van der Waals surface area (Å²) in [5.41, 5.74) is 2.44. The molecule has 0 bridgehead atoms. The SMILES string of the molecule is CCN(CC)S(=O)(=O)c1ccc2c(c1)CCN2C(=O)CCCNc1ccc([N+](=O)[O-])cc1. The average molecular weight is 461 g/mol. The molecule has 0 atom stereocenters. The number of hydrogen-bond acceptors (Lipinski definition) is 6. The van der Waals surface area contributed by atoms with Crippen LogP contribution in [0.2, 0.25) is 0 Å². The van der Waals surface area contributed by atoms with E-state index in [2.05, 4.69) is 5.32 Å². The molecule has 0 spiro atoms. The first-order valence-corrected chi connectivity index (χ1v) is 12.1. The van der Waals surface area contributed by atoms with Gasteiger partial charge in [0.05, 0.1) is 9.82 Å². The number of anilines is 2. The molecule has 0 saturated heterocycles. The number of nitro groups is 1. The fraction of sp³-hybridized carbons (Fsp3) is 0.409. The fourth-order valence-corrected chi connectivity index (χ4v) is 5.33. The molecule has 0 fully saturated rings. The van der Waals surface area contributed by atoms with Crippen LogP contribution < -0.4 is 10.2 Å². The van der Waals surface area contributed by atoms with E-state index in [0.29, 0.717) is 45.4 Å². The summed E-state index contributed by atoms with van der Waals surface area (Å²) in [6, 6.07) is 11.1. The van der Waals surface area contributed by atoms with Gasteiger partial charge in [-0.25, -0.2) is 8.42 Å². The van der Waals surface area contributed by atoms with Gasteiger partial charge in [-0.1, -0.05) is 13.8 Å². The van der Waals surface area contributed by atoms with Crippen LogP contribution in [0, 0.1) is 10.1 Å². The van der Waals surface area contributed by atoms with E-state index in [-0.39, 0.29) is 16.5 Å². The molecule has 32 heavy (non-hydrogen) atoms. The van der Waals surface area contributed by atoms with Crippen molar-refractivity contribution in [2.45, 2.75) is 38.0 Å². The number of nitrogens with zero attached hydrogens (tertiary/aromatic N) is 3. The number of fused-ring (bicyclic) bond motifs is 1. The van der Waals surface area contributed by atoms with Crippen LogP contribution in [-0.4, -0.2) is 49.7 Å². The van der Waals surface area contributed by atoms with E-state index in [1.165, 1.54) is 16.4 Å². The number of benzene rings is 2. The van der Waals surface area contributed by atoms with Gasteiger partial charge in [0.1, 0.15) is 0 Å². The van der Waals surface area contributed by atoms with E-state index in [1.807, 2.05) is 13.8 Å². The van der Waals surface area contributed by atoms with Crippen LogP contribution in [0.4, 0.5) is 17.1 Å². The van der Waals surface area contributed by atoms with Crippen molar-refractivity contribution in [3.05, 3.63) is 58.1 Å². The number of hydrogen-bond donors (Lipinski definition) is 1. The molecule has 10 heteroatoms. The van der Waals surface area contributed by atoms with E-state index < -0.39 is 14.9 Å². The number of carbonyl (C=O) groups excluding carboxylic acids is 1. The number of non-ortho nitro benzene ring substituents is 1. The second kappa shape index (κ2) is 10.1. The summed E-state index contributed by atoms with van der Waals surface area (Å²) >= 11 is 0. The predicted molar refractivity (Wildman–Crippen MR) is 123 cm³/mol. The molecule has 0 radical (unpaired) electrons. The Morgan fingerprint density at radius 2 is 1.84 bits per heavy atom. The molecule has 2 aromatic rings. The van der Waals surface area contributed by atoms with Gasteiger partial charge in [0, 0.05) is 56.1 Å². The number of nitro benzene ring substituents is 1. The van der Waals surface area contributed by atoms with Crippen LogP contribution in [0.3, 0.4) is 0 Å². The van der Waals surface area contributed by atoms with Crippen LogP contribution in [0.15, 0.2) is 47.4 Å². The van der Waals surface area contributed by atoms with Gasteiger partial charge in [-0.2, -0.15) is 4.31 Å². The number of nitrogens with one attached hydrogen (secondary N) is 1. The zero-order valence-electron chi connectivity index (χ0n) is 18.3. The molecule has 1 aliphatic heterocycles. The molecule has 0 aliphatic carbocycles. The number of carbonyl (C=O) groups is 1. The molecule has 3 rings (SSSR count). The fourth-order valence-electron chi connectivity index (χ4n) is 3.82. The maximum atomic E-state index is 12.8. The topological polar surface area (TPSA) is 113 Å². The van der Waals surface area contributed by atoms with Crippen molar-refractivity contribution in [1.29, 1.82) is 0 Å². The average Bonchev–Trinajstić information content (AvgIpc) is 3.21. The second-order valence-corrected chi connectivity index (χ2v) is 9.45. The Morgan fingerprint density at radius 3 is 2.47 bits per heavy atom. The summed E-state index contributed by atoms with van der Waals surface area (Å²) in [5, 5.41) is 13.9. The first-order valence-electron chi connectivity index (χ1n) is 10.7. The van der Waals surface area contributed by atoms with E-state index >= 15 is 0 Å². The highest BCUT2D eigenvalue weighted by Crippen LogP contribution is 2.31. The summed E-state index contributed by atoms with van der Waals surface area (Å²) in [7, 11) is -3.53. The Labute approximate surface area is 188 Å². The first-order chi connectivity index (χ1) is 15.3. The molecule has 1 N–H and O–H groups in total. The van der Waals surface area contributed by atoms with E-state index in [9.17, 15) is 23.3 Å². The Kier molecular flexibility index (Phi) is 7.47. The van der Waals surface area contributed by atoms with E-state index in [0.717, 1.165) is 16.9 Å². The molecule has 1 heterocycles. The highest BCUT2D eigenvalue weighted by Gasteiger charge is 2.28. The highest BCUT2D eigenvalue weighted by atomic mass is 32.2. The van der Waals surface area contributed by atoms with Gasteiger partial charge in [0.25, 0.3) is 5.69 Å². The lowest BCUT2D eigenvalue weighted by Gasteiger charge is -2.20. The van der Waals surface area contributed by atoms with Crippen LogP contribution >= 0.6 is 0 Å². The summed E-state index contributed by atoms with van der Waals surface area (Å²) in [5.74, 6) is -0.00593. The van der Waals surface area contributed by atoms with Gasteiger partial charge in [0.15, 0.2) is 0 Å². The van der Waals surface area contributed by atoms with Crippen LogP contribution in [0.25, 0.3) is 0 Å². The maximum Gasteiger partial charge on any atom is 0.269 e. The van der Waals surface area contributed by atoms with E-state index in [1.54, 1.807) is 35.2 Å². The minimum absolute atomic E-state index is 0.00593. The minimum atomic E-state index is -3.53. The largest absolute Gasteiger partial charge is 0.385 e. The van der Waals surface area contributed by atoms with E-state index in [4.69, 9.17) is 0 Å². The number of rotatable bonds is 10.